The van der Waals surface area contributed by atoms with Crippen molar-refractivity contribution in [3.8, 4) is 11.3 Å². The number of nitrogens with one attached hydrogen (secondary N) is 1. The molecule has 0 saturated carbocycles. The minimum Gasteiger partial charge on any atom is -0.473 e. The number of morpholine rings is 1. The number of carbonyl (C=O) groups is 4. The van der Waals surface area contributed by atoms with Crippen molar-refractivity contribution < 1.29 is 53.1 Å². The fraction of sp³-hybridized carbons (Fsp3) is 0.280. The highest BCUT2D eigenvalue weighted by Crippen LogP contribution is 2.27. The van der Waals surface area contributed by atoms with E-state index in [0.29, 0.717) is 23.9 Å². The summed E-state index contributed by atoms with van der Waals surface area (Å²) in [7, 11) is 0. The molecule has 1 aromatic carbocycles. The van der Waals surface area contributed by atoms with Crippen LogP contribution in [0.5, 0.6) is 0 Å². The molecule has 1 aliphatic heterocycles. The molecular weight excluding hydrogens is 539 g/mol. The third-order valence-corrected chi connectivity index (χ3v) is 6.14. The average molecular weight is 567 g/mol. The topological polar surface area (TPSA) is 187 Å². The lowest BCUT2D eigenvalue weighted by Gasteiger charge is -2.34. The predicted molar refractivity (Wildman–Crippen MR) is 136 cm³/mol. The Labute approximate surface area is 225 Å². The van der Waals surface area contributed by atoms with Crippen molar-refractivity contribution in [2.24, 2.45) is 0 Å². The minimum absolute atomic E-state index is 0.267. The molecule has 3 aromatic rings. The number of hydrogen-bond donors (Lipinski definition) is 5. The Morgan fingerprint density at radius 2 is 1.51 bits per heavy atom. The van der Waals surface area contributed by atoms with Crippen molar-refractivity contribution >= 4 is 35.2 Å². The highest BCUT2D eigenvalue weighted by molar-refractivity contribution is 7.10. The first-order valence-electron chi connectivity index (χ1n) is 11.4. The number of thiophene rings is 1. The fourth-order valence-corrected chi connectivity index (χ4v) is 4.25. The standard InChI is InChI=1S/C21H23FN2O2S.2C2H2O4/c22-18-5-2-1-4-17(18)20-8-7-16(26-20)14-23-15-19(21-6-3-13-27-21)24-9-11-25-12-10-24;2*3-1(4)2(5)6/h1-8,13,19,23H,9-12,14-15H2;2*(H,3,4)(H,5,6). The quantitative estimate of drug-likeness (QED) is 0.264. The van der Waals surface area contributed by atoms with Gasteiger partial charge in [0.25, 0.3) is 0 Å². The summed E-state index contributed by atoms with van der Waals surface area (Å²) in [6.07, 6.45) is 0. The molecule has 0 amide bonds. The number of furan rings is 1. The normalized spacial score (nSPS) is 13.7. The second-order valence-corrected chi connectivity index (χ2v) is 8.76. The molecule has 2 aromatic heterocycles. The van der Waals surface area contributed by atoms with E-state index >= 15 is 0 Å². The number of rotatable bonds is 7. The van der Waals surface area contributed by atoms with Crippen molar-refractivity contribution in [2.75, 3.05) is 32.8 Å². The highest BCUT2D eigenvalue weighted by Gasteiger charge is 2.23. The van der Waals surface area contributed by atoms with E-state index in [1.807, 2.05) is 18.2 Å². The van der Waals surface area contributed by atoms with Crippen LogP contribution in [-0.2, 0) is 30.5 Å². The first-order chi connectivity index (χ1) is 18.6. The molecule has 1 aliphatic rings. The number of nitrogens with zero attached hydrogens (tertiary/aromatic N) is 1. The van der Waals surface area contributed by atoms with Crippen LogP contribution in [0.2, 0.25) is 0 Å². The van der Waals surface area contributed by atoms with Gasteiger partial charge in [0.1, 0.15) is 17.3 Å². The van der Waals surface area contributed by atoms with E-state index in [-0.39, 0.29) is 5.82 Å². The van der Waals surface area contributed by atoms with Gasteiger partial charge in [-0.25, -0.2) is 23.6 Å². The summed E-state index contributed by atoms with van der Waals surface area (Å²) in [5, 5.41) is 35.2. The Balaban J connectivity index is 0.000000374. The molecule has 3 heterocycles. The molecule has 210 valence electrons. The average Bonchev–Trinajstić information content (AvgIpc) is 3.61. The molecule has 5 N–H and O–H groups in total. The summed E-state index contributed by atoms with van der Waals surface area (Å²) in [4.78, 5) is 40.2. The Morgan fingerprint density at radius 3 is 2.05 bits per heavy atom. The second-order valence-electron chi connectivity index (χ2n) is 7.78. The molecule has 0 radical (unpaired) electrons. The number of aliphatic carboxylic acids is 4. The van der Waals surface area contributed by atoms with E-state index in [0.717, 1.165) is 38.6 Å². The number of halogens is 1. The van der Waals surface area contributed by atoms with Crippen LogP contribution < -0.4 is 5.32 Å². The van der Waals surface area contributed by atoms with Crippen molar-refractivity contribution in [3.63, 3.8) is 0 Å². The van der Waals surface area contributed by atoms with Crippen LogP contribution in [0.3, 0.4) is 0 Å². The molecular formula is C25H27FN2O10S. The summed E-state index contributed by atoms with van der Waals surface area (Å²) in [6, 6.07) is 15.0. The Bertz CT molecular complexity index is 1180. The molecule has 1 saturated heterocycles. The molecule has 1 fully saturated rings. The minimum atomic E-state index is -1.82. The van der Waals surface area contributed by atoms with Crippen LogP contribution >= 0.6 is 11.3 Å². The molecule has 12 nitrogen and oxygen atoms in total. The molecule has 1 atom stereocenters. The Hall–Kier alpha value is -4.11. The van der Waals surface area contributed by atoms with Crippen LogP contribution in [0.25, 0.3) is 11.3 Å². The molecule has 0 bridgehead atoms. The molecule has 4 rings (SSSR count). The first-order valence-corrected chi connectivity index (χ1v) is 12.3. The van der Waals surface area contributed by atoms with Crippen molar-refractivity contribution in [2.45, 2.75) is 12.6 Å². The van der Waals surface area contributed by atoms with Gasteiger partial charge in [0, 0.05) is 24.5 Å². The zero-order valence-corrected chi connectivity index (χ0v) is 21.3. The lowest BCUT2D eigenvalue weighted by atomic mass is 10.1. The van der Waals surface area contributed by atoms with Gasteiger partial charge in [-0.3, -0.25) is 4.90 Å². The summed E-state index contributed by atoms with van der Waals surface area (Å²) < 4.78 is 25.2. The second kappa shape index (κ2) is 16.0. The molecule has 14 heteroatoms. The molecule has 1 unspecified atom stereocenters. The van der Waals surface area contributed by atoms with Crippen molar-refractivity contribution in [3.05, 3.63) is 70.4 Å². The summed E-state index contributed by atoms with van der Waals surface area (Å²) >= 11 is 1.79. The molecule has 0 spiro atoms. The van der Waals surface area contributed by atoms with Gasteiger partial charge in [0.2, 0.25) is 0 Å². The van der Waals surface area contributed by atoms with Gasteiger partial charge in [-0.15, -0.1) is 11.3 Å². The van der Waals surface area contributed by atoms with Gasteiger partial charge in [-0.05, 0) is 35.7 Å². The van der Waals surface area contributed by atoms with Crippen LogP contribution in [0, 0.1) is 5.82 Å². The SMILES string of the molecule is Fc1ccccc1-c1ccc(CNCC(c2cccs2)N2CCOCC2)o1.O=C(O)C(=O)O.O=C(O)C(=O)O. The monoisotopic (exact) mass is 566 g/mol. The van der Waals surface area contributed by atoms with Gasteiger partial charge in [0.15, 0.2) is 0 Å². The first kappa shape index (κ1) is 31.1. The number of benzene rings is 1. The number of carboxylic acids is 4. The van der Waals surface area contributed by atoms with Crippen LogP contribution in [0.15, 0.2) is 58.3 Å². The summed E-state index contributed by atoms with van der Waals surface area (Å²) in [5.41, 5.74) is 0.494. The van der Waals surface area contributed by atoms with Gasteiger partial charge in [-0.1, -0.05) is 18.2 Å². The Morgan fingerprint density at radius 1 is 0.897 bits per heavy atom. The van der Waals surface area contributed by atoms with Gasteiger partial charge < -0.3 is 34.9 Å². The van der Waals surface area contributed by atoms with E-state index in [4.69, 9.17) is 48.8 Å². The Kier molecular flexibility index (Phi) is 12.8. The van der Waals surface area contributed by atoms with E-state index in [2.05, 4.69) is 27.7 Å². The molecule has 39 heavy (non-hydrogen) atoms. The van der Waals surface area contributed by atoms with Gasteiger partial charge in [0.05, 0.1) is 31.4 Å². The van der Waals surface area contributed by atoms with E-state index in [9.17, 15) is 4.39 Å². The highest BCUT2D eigenvalue weighted by atomic mass is 32.1. The third-order valence-electron chi connectivity index (χ3n) is 5.16. The maximum atomic E-state index is 13.9. The van der Waals surface area contributed by atoms with Crippen LogP contribution in [0.1, 0.15) is 16.7 Å². The number of hydrogen-bond acceptors (Lipinski definition) is 9. The van der Waals surface area contributed by atoms with Gasteiger partial charge >= 0.3 is 23.9 Å². The third kappa shape index (κ3) is 10.6. The predicted octanol–water partition coefficient (Wildman–Crippen LogP) is 2.62. The molecule has 0 aliphatic carbocycles. The van der Waals surface area contributed by atoms with E-state index < -0.39 is 23.9 Å². The van der Waals surface area contributed by atoms with E-state index in [1.165, 1.54) is 10.9 Å². The summed E-state index contributed by atoms with van der Waals surface area (Å²) in [5.74, 6) is -6.19. The van der Waals surface area contributed by atoms with Crippen LogP contribution in [0.4, 0.5) is 4.39 Å². The number of ether oxygens (including phenoxy) is 1. The fourth-order valence-electron chi connectivity index (χ4n) is 3.39. The lowest BCUT2D eigenvalue weighted by molar-refractivity contribution is -0.159. The lowest BCUT2D eigenvalue weighted by Crippen LogP contribution is -2.42. The maximum absolute atomic E-state index is 13.9. The smallest absolute Gasteiger partial charge is 0.414 e. The van der Waals surface area contributed by atoms with E-state index in [1.54, 1.807) is 23.5 Å². The van der Waals surface area contributed by atoms with Crippen molar-refractivity contribution in [1.82, 2.24) is 10.2 Å². The van der Waals surface area contributed by atoms with Crippen LogP contribution in [-0.4, -0.2) is 82.1 Å². The summed E-state index contributed by atoms with van der Waals surface area (Å²) in [6.45, 7) is 4.90. The zero-order chi connectivity index (χ0) is 28.8. The number of carboxylic acid groups (broad SMARTS) is 4. The van der Waals surface area contributed by atoms with Gasteiger partial charge in [-0.2, -0.15) is 0 Å². The largest absolute Gasteiger partial charge is 0.473 e. The zero-order valence-electron chi connectivity index (χ0n) is 20.5. The maximum Gasteiger partial charge on any atom is 0.414 e. The van der Waals surface area contributed by atoms with Crippen molar-refractivity contribution in [1.29, 1.82) is 0 Å².